The zero-order valence-corrected chi connectivity index (χ0v) is 23.8. The van der Waals surface area contributed by atoms with E-state index >= 15 is 0 Å². The number of nitrogens with one attached hydrogen (secondary N) is 1. The molecule has 1 aliphatic heterocycles. The molecule has 1 N–H and O–H groups in total. The molecule has 4 aromatic rings. The molecule has 0 fully saturated rings. The molecule has 8 nitrogen and oxygen atoms in total. The SMILES string of the molecule is COc1ccc(CCNC(=O)c2csc(CN(Cc3ccc(C)cc3)Cc3ccc4c(c3)OCO4)n2)cc1OC. The molecule has 0 saturated heterocycles. The summed E-state index contributed by atoms with van der Waals surface area (Å²) >= 11 is 1.50. The number of methoxy groups -OCH3 is 2. The quantitative estimate of drug-likeness (QED) is 0.250. The minimum Gasteiger partial charge on any atom is -0.493 e. The van der Waals surface area contributed by atoms with Gasteiger partial charge in [-0.25, -0.2) is 4.98 Å². The van der Waals surface area contributed by atoms with Crippen LogP contribution in [0.4, 0.5) is 0 Å². The molecule has 40 heavy (non-hydrogen) atoms. The molecule has 0 atom stereocenters. The first kappa shape index (κ1) is 27.5. The minimum atomic E-state index is -0.177. The number of nitrogens with zero attached hydrogens (tertiary/aromatic N) is 2. The van der Waals surface area contributed by atoms with Crippen LogP contribution in [0.25, 0.3) is 0 Å². The van der Waals surface area contributed by atoms with Crippen LogP contribution in [0.3, 0.4) is 0 Å². The highest BCUT2D eigenvalue weighted by molar-refractivity contribution is 7.09. The zero-order valence-electron chi connectivity index (χ0n) is 22.9. The molecular formula is C31H33N3O5S. The second kappa shape index (κ2) is 12.8. The third-order valence-electron chi connectivity index (χ3n) is 6.66. The van der Waals surface area contributed by atoms with Crippen molar-refractivity contribution in [1.29, 1.82) is 0 Å². The van der Waals surface area contributed by atoms with Crippen molar-refractivity contribution in [3.8, 4) is 23.0 Å². The van der Waals surface area contributed by atoms with Crippen molar-refractivity contribution in [2.24, 2.45) is 0 Å². The standard InChI is InChI=1S/C31H33N3O5S/c1-21-4-6-23(7-5-21)16-34(17-24-9-11-27-29(15-24)39-20-38-27)18-30-33-25(19-40-30)31(35)32-13-12-22-8-10-26(36-2)28(14-22)37-3/h4-11,14-15,19H,12-13,16-18,20H2,1-3H3,(H,32,35). The smallest absolute Gasteiger partial charge is 0.270 e. The number of thiazole rings is 1. The Labute approximate surface area is 238 Å². The molecule has 2 heterocycles. The number of carbonyl (C=O) groups is 1. The number of aryl methyl sites for hydroxylation is 1. The fourth-order valence-electron chi connectivity index (χ4n) is 4.54. The molecule has 1 aliphatic rings. The van der Waals surface area contributed by atoms with E-state index in [-0.39, 0.29) is 12.7 Å². The van der Waals surface area contributed by atoms with Crippen LogP contribution in [-0.4, -0.2) is 43.3 Å². The Kier molecular flexibility index (Phi) is 8.83. The highest BCUT2D eigenvalue weighted by atomic mass is 32.1. The van der Waals surface area contributed by atoms with Gasteiger partial charge in [-0.05, 0) is 54.3 Å². The average molecular weight is 560 g/mol. The van der Waals surface area contributed by atoms with Gasteiger partial charge in [0, 0.05) is 25.0 Å². The van der Waals surface area contributed by atoms with Gasteiger partial charge >= 0.3 is 0 Å². The first-order valence-corrected chi connectivity index (χ1v) is 14.0. The monoisotopic (exact) mass is 559 g/mol. The van der Waals surface area contributed by atoms with Gasteiger partial charge in [0.2, 0.25) is 6.79 Å². The van der Waals surface area contributed by atoms with Crippen molar-refractivity contribution < 1.29 is 23.7 Å². The molecule has 5 rings (SSSR count). The van der Waals surface area contributed by atoms with Gasteiger partial charge in [-0.3, -0.25) is 9.69 Å². The Morgan fingerprint density at radius 2 is 1.62 bits per heavy atom. The fraction of sp³-hybridized carbons (Fsp3) is 0.290. The molecule has 0 unspecified atom stereocenters. The van der Waals surface area contributed by atoms with Crippen molar-refractivity contribution in [2.75, 3.05) is 27.6 Å². The molecular weight excluding hydrogens is 526 g/mol. The fourth-order valence-corrected chi connectivity index (χ4v) is 5.36. The summed E-state index contributed by atoms with van der Waals surface area (Å²) in [7, 11) is 3.22. The van der Waals surface area contributed by atoms with Crippen molar-refractivity contribution >= 4 is 17.2 Å². The van der Waals surface area contributed by atoms with E-state index in [1.807, 2.05) is 35.7 Å². The predicted octanol–water partition coefficient (Wildman–Crippen LogP) is 5.37. The number of amides is 1. The van der Waals surface area contributed by atoms with E-state index in [2.05, 4.69) is 52.5 Å². The van der Waals surface area contributed by atoms with Crippen LogP contribution >= 0.6 is 11.3 Å². The van der Waals surface area contributed by atoms with Gasteiger partial charge in [0.05, 0.1) is 20.8 Å². The summed E-state index contributed by atoms with van der Waals surface area (Å²) < 4.78 is 21.7. The maximum absolute atomic E-state index is 12.8. The third-order valence-corrected chi connectivity index (χ3v) is 7.49. The Balaban J connectivity index is 1.22. The lowest BCUT2D eigenvalue weighted by molar-refractivity contribution is 0.0949. The molecule has 0 aliphatic carbocycles. The first-order valence-electron chi connectivity index (χ1n) is 13.1. The highest BCUT2D eigenvalue weighted by Gasteiger charge is 2.17. The topological polar surface area (TPSA) is 82.2 Å². The number of aromatic nitrogens is 1. The Morgan fingerprint density at radius 3 is 2.42 bits per heavy atom. The molecule has 0 bridgehead atoms. The molecule has 1 aromatic heterocycles. The average Bonchev–Trinajstić information content (AvgIpc) is 3.63. The van der Waals surface area contributed by atoms with Gasteiger partial charge in [-0.1, -0.05) is 42.0 Å². The molecule has 208 valence electrons. The van der Waals surface area contributed by atoms with Crippen LogP contribution in [0.5, 0.6) is 23.0 Å². The van der Waals surface area contributed by atoms with Gasteiger partial charge in [0.25, 0.3) is 5.91 Å². The van der Waals surface area contributed by atoms with E-state index in [1.54, 1.807) is 14.2 Å². The number of fused-ring (bicyclic) bond motifs is 1. The largest absolute Gasteiger partial charge is 0.493 e. The van der Waals surface area contributed by atoms with Crippen LogP contribution in [0, 0.1) is 6.92 Å². The Hall–Kier alpha value is -4.08. The first-order chi connectivity index (χ1) is 19.5. The number of benzene rings is 3. The maximum atomic E-state index is 12.8. The van der Waals surface area contributed by atoms with Crippen LogP contribution < -0.4 is 24.3 Å². The Bertz CT molecular complexity index is 1450. The summed E-state index contributed by atoms with van der Waals surface area (Å²) in [5, 5.41) is 5.69. The van der Waals surface area contributed by atoms with E-state index in [9.17, 15) is 4.79 Å². The van der Waals surface area contributed by atoms with E-state index < -0.39 is 0 Å². The normalized spacial score (nSPS) is 12.0. The van der Waals surface area contributed by atoms with Crippen molar-refractivity contribution in [3.05, 3.63) is 99.0 Å². The lowest BCUT2D eigenvalue weighted by atomic mass is 10.1. The lowest BCUT2D eigenvalue weighted by Gasteiger charge is -2.22. The van der Waals surface area contributed by atoms with Gasteiger partial charge in [-0.2, -0.15) is 0 Å². The molecule has 1 amide bonds. The Morgan fingerprint density at radius 1 is 0.900 bits per heavy atom. The van der Waals surface area contributed by atoms with Gasteiger partial charge < -0.3 is 24.3 Å². The van der Waals surface area contributed by atoms with Crippen LogP contribution in [-0.2, 0) is 26.1 Å². The maximum Gasteiger partial charge on any atom is 0.270 e. The van der Waals surface area contributed by atoms with Crippen molar-refractivity contribution in [3.63, 3.8) is 0 Å². The predicted molar refractivity (Wildman–Crippen MR) is 154 cm³/mol. The van der Waals surface area contributed by atoms with Gasteiger partial charge in [-0.15, -0.1) is 11.3 Å². The molecule has 0 saturated carbocycles. The number of ether oxygens (including phenoxy) is 4. The lowest BCUT2D eigenvalue weighted by Crippen LogP contribution is -2.26. The van der Waals surface area contributed by atoms with Crippen LogP contribution in [0.2, 0.25) is 0 Å². The van der Waals surface area contributed by atoms with Gasteiger partial charge in [0.1, 0.15) is 10.7 Å². The summed E-state index contributed by atoms with van der Waals surface area (Å²) in [5.41, 5.74) is 5.06. The summed E-state index contributed by atoms with van der Waals surface area (Å²) in [4.78, 5) is 19.8. The molecule has 3 aromatic carbocycles. The summed E-state index contributed by atoms with van der Waals surface area (Å²) in [6.45, 7) is 4.91. The second-order valence-electron chi connectivity index (χ2n) is 9.64. The number of carbonyl (C=O) groups excluding carboxylic acids is 1. The van der Waals surface area contributed by atoms with Crippen molar-refractivity contribution in [1.82, 2.24) is 15.2 Å². The molecule has 0 spiro atoms. The number of hydrogen-bond donors (Lipinski definition) is 1. The van der Waals surface area contributed by atoms with E-state index in [0.29, 0.717) is 43.2 Å². The van der Waals surface area contributed by atoms with Crippen LogP contribution in [0.1, 0.15) is 37.7 Å². The highest BCUT2D eigenvalue weighted by Crippen LogP contribution is 2.33. The summed E-state index contributed by atoms with van der Waals surface area (Å²) in [5.74, 6) is 2.72. The third kappa shape index (κ3) is 6.91. The van der Waals surface area contributed by atoms with E-state index in [1.165, 1.54) is 22.5 Å². The second-order valence-corrected chi connectivity index (χ2v) is 10.6. The number of hydrogen-bond acceptors (Lipinski definition) is 8. The molecule has 0 radical (unpaired) electrons. The van der Waals surface area contributed by atoms with Crippen LogP contribution in [0.15, 0.2) is 66.0 Å². The van der Waals surface area contributed by atoms with E-state index in [0.717, 1.165) is 34.2 Å². The minimum absolute atomic E-state index is 0.177. The number of rotatable bonds is 12. The summed E-state index contributed by atoms with van der Waals surface area (Å²) in [6.07, 6.45) is 0.670. The van der Waals surface area contributed by atoms with E-state index in [4.69, 9.17) is 18.9 Å². The summed E-state index contributed by atoms with van der Waals surface area (Å²) in [6, 6.07) is 20.4. The zero-order chi connectivity index (χ0) is 27.9. The van der Waals surface area contributed by atoms with Gasteiger partial charge in [0.15, 0.2) is 23.0 Å². The molecule has 9 heteroatoms. The van der Waals surface area contributed by atoms with Crippen molar-refractivity contribution in [2.45, 2.75) is 33.0 Å².